The van der Waals surface area contributed by atoms with Gasteiger partial charge in [0, 0.05) is 37.9 Å². The fraction of sp³-hybridized carbons (Fsp3) is 0.611. The minimum Gasteiger partial charge on any atom is -0.340 e. The van der Waals surface area contributed by atoms with Crippen LogP contribution in [0.15, 0.2) is 29.2 Å². The molecular weight excluding hydrogens is 306 g/mol. The molecular formula is C18H25N3O3. The molecule has 2 aliphatic rings. The minimum absolute atomic E-state index is 0.0395. The van der Waals surface area contributed by atoms with Crippen molar-refractivity contribution in [1.82, 2.24) is 14.4 Å². The van der Waals surface area contributed by atoms with Gasteiger partial charge in [-0.3, -0.25) is 14.4 Å². The fourth-order valence-electron chi connectivity index (χ4n) is 3.89. The highest BCUT2D eigenvalue weighted by Gasteiger charge is 2.49. The van der Waals surface area contributed by atoms with Crippen molar-refractivity contribution in [3.05, 3.63) is 34.7 Å². The smallest absolute Gasteiger partial charge is 0.250 e. The van der Waals surface area contributed by atoms with Crippen molar-refractivity contribution in [2.45, 2.75) is 45.7 Å². The zero-order chi connectivity index (χ0) is 17.3. The van der Waals surface area contributed by atoms with Crippen LogP contribution in [-0.4, -0.2) is 51.9 Å². The summed E-state index contributed by atoms with van der Waals surface area (Å²) in [5, 5.41) is 0. The second-order valence-corrected chi connectivity index (χ2v) is 7.21. The Bertz CT molecular complexity index is 697. The minimum atomic E-state index is -0.417. The Labute approximate surface area is 142 Å². The highest BCUT2D eigenvalue weighted by molar-refractivity contribution is 5.86. The van der Waals surface area contributed by atoms with Gasteiger partial charge in [-0.2, -0.15) is 0 Å². The summed E-state index contributed by atoms with van der Waals surface area (Å²) in [6.45, 7) is 6.00. The maximum absolute atomic E-state index is 12.9. The van der Waals surface area contributed by atoms with Crippen molar-refractivity contribution >= 4 is 11.8 Å². The first kappa shape index (κ1) is 16.7. The van der Waals surface area contributed by atoms with Crippen LogP contribution in [0.5, 0.6) is 0 Å². The topological polar surface area (TPSA) is 62.6 Å². The van der Waals surface area contributed by atoms with Gasteiger partial charge in [-0.25, -0.2) is 0 Å². The van der Waals surface area contributed by atoms with Gasteiger partial charge in [0.1, 0.15) is 6.54 Å². The third-order valence-corrected chi connectivity index (χ3v) is 5.30. The Balaban J connectivity index is 1.70. The van der Waals surface area contributed by atoms with Crippen molar-refractivity contribution in [2.24, 2.45) is 5.41 Å². The first-order valence-electron chi connectivity index (χ1n) is 8.67. The maximum atomic E-state index is 12.9. The summed E-state index contributed by atoms with van der Waals surface area (Å²) in [5.74, 6) is 0.102. The van der Waals surface area contributed by atoms with Gasteiger partial charge in [-0.15, -0.1) is 0 Å². The molecule has 6 nitrogen and oxygen atoms in total. The number of hydrogen-bond donors (Lipinski definition) is 0. The Kier molecular flexibility index (Phi) is 4.47. The van der Waals surface area contributed by atoms with Crippen molar-refractivity contribution in [3.63, 3.8) is 0 Å². The number of likely N-dealkylation sites (tertiary alicyclic amines) is 2. The molecule has 0 bridgehead atoms. The van der Waals surface area contributed by atoms with Gasteiger partial charge in [-0.1, -0.05) is 6.07 Å². The molecule has 2 saturated heterocycles. The highest BCUT2D eigenvalue weighted by atomic mass is 16.2. The van der Waals surface area contributed by atoms with Crippen LogP contribution in [0.1, 0.15) is 33.1 Å². The first-order chi connectivity index (χ1) is 11.4. The van der Waals surface area contributed by atoms with E-state index in [4.69, 9.17) is 0 Å². The molecule has 0 saturated carbocycles. The van der Waals surface area contributed by atoms with Crippen LogP contribution in [0.2, 0.25) is 0 Å². The normalized spacial score (nSPS) is 24.2. The molecule has 1 atom stereocenters. The quantitative estimate of drug-likeness (QED) is 0.833. The van der Waals surface area contributed by atoms with Gasteiger partial charge < -0.3 is 14.4 Å². The maximum Gasteiger partial charge on any atom is 0.250 e. The van der Waals surface area contributed by atoms with Crippen molar-refractivity contribution in [2.75, 3.05) is 19.6 Å². The predicted molar refractivity (Wildman–Crippen MR) is 90.4 cm³/mol. The molecule has 3 rings (SSSR count). The van der Waals surface area contributed by atoms with Gasteiger partial charge >= 0.3 is 0 Å². The second kappa shape index (κ2) is 6.42. The molecule has 130 valence electrons. The zero-order valence-electron chi connectivity index (χ0n) is 14.4. The fourth-order valence-corrected chi connectivity index (χ4v) is 3.89. The molecule has 0 unspecified atom stereocenters. The average Bonchev–Trinajstić information content (AvgIpc) is 2.97. The van der Waals surface area contributed by atoms with Crippen LogP contribution in [0.4, 0.5) is 0 Å². The molecule has 0 radical (unpaired) electrons. The van der Waals surface area contributed by atoms with Gasteiger partial charge in [0.05, 0.1) is 5.41 Å². The van der Waals surface area contributed by atoms with E-state index in [9.17, 15) is 14.4 Å². The molecule has 1 aromatic heterocycles. The number of amides is 2. The molecule has 1 spiro atoms. The van der Waals surface area contributed by atoms with E-state index in [1.807, 2.05) is 18.7 Å². The third-order valence-electron chi connectivity index (χ3n) is 5.30. The molecule has 0 aromatic carbocycles. The monoisotopic (exact) mass is 331 g/mol. The van der Waals surface area contributed by atoms with E-state index in [0.717, 1.165) is 25.8 Å². The van der Waals surface area contributed by atoms with Crippen LogP contribution in [0.25, 0.3) is 0 Å². The molecule has 2 aliphatic heterocycles. The number of nitrogens with zero attached hydrogens (tertiary/aromatic N) is 3. The van der Waals surface area contributed by atoms with Gasteiger partial charge in [0.2, 0.25) is 11.8 Å². The number of carbonyl (C=O) groups is 2. The Hall–Kier alpha value is -2.11. The lowest BCUT2D eigenvalue weighted by atomic mass is 9.78. The number of pyridine rings is 1. The molecule has 6 heteroatoms. The van der Waals surface area contributed by atoms with E-state index in [2.05, 4.69) is 0 Å². The van der Waals surface area contributed by atoms with Crippen LogP contribution < -0.4 is 5.56 Å². The van der Waals surface area contributed by atoms with Crippen molar-refractivity contribution in [3.8, 4) is 0 Å². The SMILES string of the molecule is CC(C)N1CCC[C@]2(CCN(C(=O)Cn3ccccc3=O)C2)C1=O. The lowest BCUT2D eigenvalue weighted by Crippen LogP contribution is -2.52. The van der Waals surface area contributed by atoms with Crippen molar-refractivity contribution in [1.29, 1.82) is 0 Å². The van der Waals surface area contributed by atoms with E-state index in [-0.39, 0.29) is 30.0 Å². The molecule has 1 aromatic rings. The summed E-state index contributed by atoms with van der Waals surface area (Å²) in [5.41, 5.74) is -0.598. The number of hydrogen-bond acceptors (Lipinski definition) is 3. The summed E-state index contributed by atoms with van der Waals surface area (Å²) >= 11 is 0. The summed E-state index contributed by atoms with van der Waals surface area (Å²) in [6.07, 6.45) is 4.19. The van der Waals surface area contributed by atoms with E-state index in [1.165, 1.54) is 10.6 Å². The number of carbonyl (C=O) groups excluding carboxylic acids is 2. The predicted octanol–water partition coefficient (Wildman–Crippen LogP) is 1.10. The largest absolute Gasteiger partial charge is 0.340 e. The zero-order valence-corrected chi connectivity index (χ0v) is 14.4. The molecule has 3 heterocycles. The van der Waals surface area contributed by atoms with Crippen LogP contribution in [0.3, 0.4) is 0 Å². The van der Waals surface area contributed by atoms with Gasteiger partial charge in [-0.05, 0) is 39.2 Å². The number of piperidine rings is 1. The summed E-state index contributed by atoms with van der Waals surface area (Å²) in [6, 6.07) is 5.05. The van der Waals surface area contributed by atoms with Gasteiger partial charge in [0.15, 0.2) is 0 Å². The molecule has 2 fully saturated rings. The van der Waals surface area contributed by atoms with Crippen LogP contribution in [-0.2, 0) is 16.1 Å². The second-order valence-electron chi connectivity index (χ2n) is 7.21. The third kappa shape index (κ3) is 2.97. The first-order valence-corrected chi connectivity index (χ1v) is 8.67. The average molecular weight is 331 g/mol. The lowest BCUT2D eigenvalue weighted by molar-refractivity contribution is -0.148. The molecule has 0 aliphatic carbocycles. The standard InChI is InChI=1S/C18H25N3O3/c1-14(2)21-10-5-7-18(17(21)24)8-11-20(13-18)16(23)12-19-9-4-3-6-15(19)22/h3-4,6,9,14H,5,7-8,10-13H2,1-2H3/t18-/m1/s1. The van der Waals surface area contributed by atoms with E-state index in [0.29, 0.717) is 13.1 Å². The van der Waals surface area contributed by atoms with E-state index >= 15 is 0 Å². The van der Waals surface area contributed by atoms with Crippen molar-refractivity contribution < 1.29 is 9.59 Å². The van der Waals surface area contributed by atoms with E-state index in [1.54, 1.807) is 23.2 Å². The summed E-state index contributed by atoms with van der Waals surface area (Å²) in [4.78, 5) is 40.9. The van der Waals surface area contributed by atoms with Crippen LogP contribution >= 0.6 is 0 Å². The number of rotatable bonds is 3. The summed E-state index contributed by atoms with van der Waals surface area (Å²) < 4.78 is 1.41. The summed E-state index contributed by atoms with van der Waals surface area (Å²) in [7, 11) is 0. The molecule has 2 amide bonds. The Morgan fingerprint density at radius 2 is 2.00 bits per heavy atom. The Morgan fingerprint density at radius 1 is 1.21 bits per heavy atom. The lowest BCUT2D eigenvalue weighted by Gasteiger charge is -2.41. The van der Waals surface area contributed by atoms with E-state index < -0.39 is 5.41 Å². The van der Waals surface area contributed by atoms with Crippen LogP contribution in [0, 0.1) is 5.41 Å². The Morgan fingerprint density at radius 3 is 2.71 bits per heavy atom. The van der Waals surface area contributed by atoms with Gasteiger partial charge in [0.25, 0.3) is 5.56 Å². The number of aromatic nitrogens is 1. The molecule has 0 N–H and O–H groups in total. The highest BCUT2D eigenvalue weighted by Crippen LogP contribution is 2.40. The molecule has 24 heavy (non-hydrogen) atoms.